The second kappa shape index (κ2) is 6.53. The lowest BCUT2D eigenvalue weighted by Gasteiger charge is -2.17. The van der Waals surface area contributed by atoms with Crippen molar-refractivity contribution in [3.05, 3.63) is 35.2 Å². The molecule has 1 fully saturated rings. The number of rotatable bonds is 4. The predicted molar refractivity (Wildman–Crippen MR) is 101 cm³/mol. The molecule has 1 atom stereocenters. The Balaban J connectivity index is 1.60. The average Bonchev–Trinajstić information content (AvgIpc) is 3.32. The van der Waals surface area contributed by atoms with Crippen LogP contribution in [-0.2, 0) is 10.0 Å². The topological polar surface area (TPSA) is 73.7 Å². The molecule has 2 aliphatic heterocycles. The third-order valence-electron chi connectivity index (χ3n) is 5.36. The molecule has 1 unspecified atom stereocenters. The van der Waals surface area contributed by atoms with Crippen LogP contribution >= 0.6 is 0 Å². The summed E-state index contributed by atoms with van der Waals surface area (Å²) in [6, 6.07) is 5.99. The Bertz CT molecular complexity index is 981. The van der Waals surface area contributed by atoms with Gasteiger partial charge in [0.25, 0.3) is 0 Å². The van der Waals surface area contributed by atoms with Gasteiger partial charge in [0.05, 0.1) is 11.4 Å². The first-order chi connectivity index (χ1) is 12.8. The third kappa shape index (κ3) is 3.00. The molecule has 1 saturated heterocycles. The van der Waals surface area contributed by atoms with Gasteiger partial charge in [-0.3, -0.25) is 4.68 Å². The fraction of sp³-hybridized carbons (Fsp3) is 0.526. The molecular formula is C19H25N3O4S. The van der Waals surface area contributed by atoms with E-state index in [0.717, 1.165) is 23.5 Å². The molecule has 0 aliphatic carbocycles. The number of benzene rings is 1. The minimum Gasteiger partial charge on any atom is -0.454 e. The summed E-state index contributed by atoms with van der Waals surface area (Å²) < 4.78 is 40.8. The Hall–Kier alpha value is -2.06. The molecule has 3 heterocycles. The van der Waals surface area contributed by atoms with Gasteiger partial charge in [-0.1, -0.05) is 6.07 Å². The maximum absolute atomic E-state index is 13.3. The van der Waals surface area contributed by atoms with Crippen molar-refractivity contribution in [2.45, 2.75) is 51.0 Å². The Morgan fingerprint density at radius 2 is 1.93 bits per heavy atom. The summed E-state index contributed by atoms with van der Waals surface area (Å²) in [4.78, 5) is 0.350. The van der Waals surface area contributed by atoms with Gasteiger partial charge in [-0.25, -0.2) is 8.42 Å². The molecule has 27 heavy (non-hydrogen) atoms. The lowest BCUT2D eigenvalue weighted by atomic mass is 9.98. The van der Waals surface area contributed by atoms with Crippen LogP contribution in [0.15, 0.2) is 23.1 Å². The molecule has 4 rings (SSSR count). The van der Waals surface area contributed by atoms with Crippen LogP contribution in [0.1, 0.15) is 49.2 Å². The molecular weight excluding hydrogens is 366 g/mol. The zero-order valence-corrected chi connectivity index (χ0v) is 16.9. The number of nitrogens with zero attached hydrogens (tertiary/aromatic N) is 3. The summed E-state index contributed by atoms with van der Waals surface area (Å²) >= 11 is 0. The Labute approximate surface area is 159 Å². The van der Waals surface area contributed by atoms with Crippen LogP contribution in [0.3, 0.4) is 0 Å². The first-order valence-electron chi connectivity index (χ1n) is 9.24. The molecule has 2 aromatic rings. The SMILES string of the molecule is Cc1nn(C(C)C)c(C)c1S(=O)(=O)N1CCC(c2ccc3c(c2)OCO3)C1. The highest BCUT2D eigenvalue weighted by Gasteiger charge is 2.37. The van der Waals surface area contributed by atoms with E-state index < -0.39 is 10.0 Å². The van der Waals surface area contributed by atoms with Gasteiger partial charge in [0.1, 0.15) is 4.90 Å². The van der Waals surface area contributed by atoms with Gasteiger partial charge >= 0.3 is 0 Å². The fourth-order valence-electron chi connectivity index (χ4n) is 4.04. The zero-order valence-electron chi connectivity index (χ0n) is 16.1. The summed E-state index contributed by atoms with van der Waals surface area (Å²) in [5.41, 5.74) is 2.35. The van der Waals surface area contributed by atoms with Gasteiger partial charge in [-0.2, -0.15) is 9.40 Å². The minimum absolute atomic E-state index is 0.118. The van der Waals surface area contributed by atoms with E-state index in [1.165, 1.54) is 0 Å². The second-order valence-corrected chi connectivity index (χ2v) is 9.37. The molecule has 0 amide bonds. The molecule has 8 heteroatoms. The van der Waals surface area contributed by atoms with Crippen molar-refractivity contribution in [2.24, 2.45) is 0 Å². The Kier molecular flexibility index (Phi) is 4.43. The largest absolute Gasteiger partial charge is 0.454 e. The molecule has 0 spiro atoms. The van der Waals surface area contributed by atoms with Gasteiger partial charge in [0, 0.05) is 19.1 Å². The Morgan fingerprint density at radius 1 is 1.19 bits per heavy atom. The van der Waals surface area contributed by atoms with Crippen molar-refractivity contribution in [1.82, 2.24) is 14.1 Å². The van der Waals surface area contributed by atoms with Crippen molar-refractivity contribution in [3.63, 3.8) is 0 Å². The standard InChI is InChI=1S/C19H25N3O4S/c1-12(2)22-14(4)19(13(3)20-22)27(23,24)21-8-7-16(10-21)15-5-6-17-18(9-15)26-11-25-17/h5-6,9,12,16H,7-8,10-11H2,1-4H3. The maximum atomic E-state index is 13.3. The van der Waals surface area contributed by atoms with Crippen molar-refractivity contribution < 1.29 is 17.9 Å². The van der Waals surface area contributed by atoms with Crippen LogP contribution in [0.5, 0.6) is 11.5 Å². The van der Waals surface area contributed by atoms with Crippen LogP contribution in [0.2, 0.25) is 0 Å². The number of hydrogen-bond acceptors (Lipinski definition) is 5. The van der Waals surface area contributed by atoms with Crippen molar-refractivity contribution in [1.29, 1.82) is 0 Å². The van der Waals surface area contributed by atoms with Crippen molar-refractivity contribution >= 4 is 10.0 Å². The van der Waals surface area contributed by atoms with Gasteiger partial charge < -0.3 is 9.47 Å². The van der Waals surface area contributed by atoms with Crippen LogP contribution in [-0.4, -0.2) is 42.4 Å². The van der Waals surface area contributed by atoms with Gasteiger partial charge in [-0.05, 0) is 57.7 Å². The Morgan fingerprint density at radius 3 is 2.63 bits per heavy atom. The smallest absolute Gasteiger partial charge is 0.246 e. The van der Waals surface area contributed by atoms with E-state index >= 15 is 0 Å². The number of fused-ring (bicyclic) bond motifs is 1. The lowest BCUT2D eigenvalue weighted by Crippen LogP contribution is -2.29. The van der Waals surface area contributed by atoms with Crippen LogP contribution in [0, 0.1) is 13.8 Å². The highest BCUT2D eigenvalue weighted by molar-refractivity contribution is 7.89. The summed E-state index contributed by atoms with van der Waals surface area (Å²) in [5.74, 6) is 1.63. The quantitative estimate of drug-likeness (QED) is 0.801. The lowest BCUT2D eigenvalue weighted by molar-refractivity contribution is 0.174. The summed E-state index contributed by atoms with van der Waals surface area (Å²) in [6.45, 7) is 8.81. The highest BCUT2D eigenvalue weighted by atomic mass is 32.2. The first-order valence-corrected chi connectivity index (χ1v) is 10.7. The average molecular weight is 391 g/mol. The molecule has 0 saturated carbocycles. The molecule has 1 aromatic carbocycles. The van der Waals surface area contributed by atoms with Crippen LogP contribution in [0.25, 0.3) is 0 Å². The zero-order chi connectivity index (χ0) is 19.3. The summed E-state index contributed by atoms with van der Waals surface area (Å²) in [7, 11) is -3.57. The van der Waals surface area contributed by atoms with Crippen LogP contribution in [0.4, 0.5) is 0 Å². The normalized spacial score (nSPS) is 20.0. The number of sulfonamides is 1. The number of ether oxygens (including phenoxy) is 2. The number of hydrogen-bond donors (Lipinski definition) is 0. The van der Waals surface area contributed by atoms with E-state index in [1.54, 1.807) is 15.9 Å². The van der Waals surface area contributed by atoms with Crippen molar-refractivity contribution in [3.8, 4) is 11.5 Å². The van der Waals surface area contributed by atoms with E-state index in [1.807, 2.05) is 39.0 Å². The predicted octanol–water partition coefficient (Wildman–Crippen LogP) is 2.99. The minimum atomic E-state index is -3.57. The van der Waals surface area contributed by atoms with E-state index in [4.69, 9.17) is 9.47 Å². The molecule has 0 radical (unpaired) electrons. The van der Waals surface area contributed by atoms with Gasteiger partial charge in [0.2, 0.25) is 16.8 Å². The highest BCUT2D eigenvalue weighted by Crippen LogP contribution is 2.38. The van der Waals surface area contributed by atoms with Gasteiger partial charge in [-0.15, -0.1) is 0 Å². The maximum Gasteiger partial charge on any atom is 0.246 e. The number of aromatic nitrogens is 2. The molecule has 0 bridgehead atoms. The van der Waals surface area contributed by atoms with Crippen LogP contribution < -0.4 is 9.47 Å². The molecule has 146 valence electrons. The van der Waals surface area contributed by atoms with E-state index in [2.05, 4.69) is 5.10 Å². The molecule has 7 nitrogen and oxygen atoms in total. The fourth-order valence-corrected chi connectivity index (χ4v) is 5.90. The van der Waals surface area contributed by atoms with Gasteiger partial charge in [0.15, 0.2) is 11.5 Å². The molecule has 1 aromatic heterocycles. The second-order valence-electron chi connectivity index (χ2n) is 7.50. The van der Waals surface area contributed by atoms with E-state index in [-0.39, 0.29) is 18.8 Å². The molecule has 2 aliphatic rings. The molecule has 0 N–H and O–H groups in total. The summed E-state index contributed by atoms with van der Waals surface area (Å²) in [5, 5.41) is 4.44. The third-order valence-corrected chi connectivity index (χ3v) is 7.48. The van der Waals surface area contributed by atoms with E-state index in [0.29, 0.717) is 29.4 Å². The summed E-state index contributed by atoms with van der Waals surface area (Å²) in [6.07, 6.45) is 0.787. The monoisotopic (exact) mass is 391 g/mol. The first kappa shape index (κ1) is 18.3. The van der Waals surface area contributed by atoms with Crippen molar-refractivity contribution in [2.75, 3.05) is 19.9 Å². The van der Waals surface area contributed by atoms with E-state index in [9.17, 15) is 8.42 Å². The number of aryl methyl sites for hydroxylation is 1.